The van der Waals surface area contributed by atoms with Crippen LogP contribution in [-0.4, -0.2) is 27.2 Å². The Hall–Kier alpha value is -0.470. The van der Waals surface area contributed by atoms with Gasteiger partial charge in [-0.05, 0) is 38.6 Å². The van der Waals surface area contributed by atoms with E-state index in [9.17, 15) is 8.42 Å². The fourth-order valence-electron chi connectivity index (χ4n) is 1.77. The molecule has 0 radical (unpaired) electrons. The lowest BCUT2D eigenvalue weighted by molar-refractivity contribution is -0.00515. The number of thiophene rings is 1. The summed E-state index contributed by atoms with van der Waals surface area (Å²) in [5.41, 5.74) is 5.78. The minimum atomic E-state index is -3.54. The molecule has 0 fully saturated rings. The van der Waals surface area contributed by atoms with Gasteiger partial charge in [0, 0.05) is 24.6 Å². The highest BCUT2D eigenvalue weighted by atomic mass is 32.2. The van der Waals surface area contributed by atoms with E-state index >= 15 is 0 Å². The van der Waals surface area contributed by atoms with Crippen LogP contribution in [0.5, 0.6) is 0 Å². The molecular weight excluding hydrogens is 284 g/mol. The molecule has 0 saturated carbocycles. The summed E-state index contributed by atoms with van der Waals surface area (Å²) in [6.45, 7) is 8.35. The number of nitrogens with two attached hydrogens (primary N) is 1. The maximum absolute atomic E-state index is 12.3. The molecule has 0 aliphatic carbocycles. The van der Waals surface area contributed by atoms with Crippen LogP contribution in [0.4, 0.5) is 0 Å². The standard InChI is InChI=1S/C12H22N2O3S2/c1-5-17-12(3,4)8-14-19(15,16)11-9(2)7-18-10(11)6-13/h7,14H,5-6,8,13H2,1-4H3. The van der Waals surface area contributed by atoms with Crippen molar-refractivity contribution >= 4 is 21.4 Å². The average Bonchev–Trinajstić information content (AvgIpc) is 2.69. The molecule has 0 amide bonds. The molecule has 0 aliphatic rings. The van der Waals surface area contributed by atoms with E-state index in [2.05, 4.69) is 4.72 Å². The molecule has 1 aromatic heterocycles. The fraction of sp³-hybridized carbons (Fsp3) is 0.667. The zero-order valence-corrected chi connectivity index (χ0v) is 13.5. The predicted molar refractivity (Wildman–Crippen MR) is 77.8 cm³/mol. The Morgan fingerprint density at radius 1 is 1.47 bits per heavy atom. The second kappa shape index (κ2) is 6.32. The summed E-state index contributed by atoms with van der Waals surface area (Å²) in [6, 6.07) is 0. The van der Waals surface area contributed by atoms with E-state index < -0.39 is 15.6 Å². The first-order valence-electron chi connectivity index (χ1n) is 6.14. The lowest BCUT2D eigenvalue weighted by Gasteiger charge is -2.25. The maximum Gasteiger partial charge on any atom is 0.242 e. The fourth-order valence-corrected chi connectivity index (χ4v) is 4.67. The molecule has 1 rings (SSSR count). The third-order valence-corrected chi connectivity index (χ3v) is 5.55. The Morgan fingerprint density at radius 2 is 2.11 bits per heavy atom. The number of sulfonamides is 1. The van der Waals surface area contributed by atoms with Crippen LogP contribution in [0.2, 0.25) is 0 Å². The molecule has 1 heterocycles. The summed E-state index contributed by atoms with van der Waals surface area (Å²) in [5.74, 6) is 0. The van der Waals surface area contributed by atoms with Gasteiger partial charge in [0.25, 0.3) is 0 Å². The molecule has 0 atom stereocenters. The molecule has 1 aromatic rings. The van der Waals surface area contributed by atoms with Crippen LogP contribution in [-0.2, 0) is 21.3 Å². The first kappa shape index (κ1) is 16.6. The molecule has 0 aromatic carbocycles. The van der Waals surface area contributed by atoms with Crippen molar-refractivity contribution in [2.24, 2.45) is 5.73 Å². The van der Waals surface area contributed by atoms with E-state index in [1.807, 2.05) is 26.2 Å². The van der Waals surface area contributed by atoms with Gasteiger partial charge in [0.15, 0.2) is 0 Å². The van der Waals surface area contributed by atoms with Gasteiger partial charge in [-0.1, -0.05) is 0 Å². The van der Waals surface area contributed by atoms with Crippen molar-refractivity contribution in [3.63, 3.8) is 0 Å². The molecule has 7 heteroatoms. The zero-order chi connectivity index (χ0) is 14.7. The van der Waals surface area contributed by atoms with E-state index in [-0.39, 0.29) is 13.1 Å². The molecule has 5 nitrogen and oxygen atoms in total. The summed E-state index contributed by atoms with van der Waals surface area (Å²) < 4.78 is 32.7. The van der Waals surface area contributed by atoms with E-state index in [1.54, 1.807) is 6.92 Å². The lowest BCUT2D eigenvalue weighted by Crippen LogP contribution is -2.40. The van der Waals surface area contributed by atoms with E-state index in [4.69, 9.17) is 10.5 Å². The van der Waals surface area contributed by atoms with Crippen LogP contribution in [0.1, 0.15) is 31.2 Å². The number of hydrogen-bond acceptors (Lipinski definition) is 5. The largest absolute Gasteiger partial charge is 0.375 e. The molecule has 0 spiro atoms. The van der Waals surface area contributed by atoms with Crippen molar-refractivity contribution in [1.29, 1.82) is 0 Å². The minimum absolute atomic E-state index is 0.225. The number of rotatable bonds is 7. The van der Waals surface area contributed by atoms with Crippen molar-refractivity contribution in [2.45, 2.75) is 44.7 Å². The van der Waals surface area contributed by atoms with Gasteiger partial charge in [-0.3, -0.25) is 0 Å². The lowest BCUT2D eigenvalue weighted by atomic mass is 10.1. The number of hydrogen-bond donors (Lipinski definition) is 2. The third kappa shape index (κ3) is 4.25. The van der Waals surface area contributed by atoms with Crippen molar-refractivity contribution in [3.05, 3.63) is 15.8 Å². The summed E-state index contributed by atoms with van der Waals surface area (Å²) >= 11 is 1.37. The van der Waals surface area contributed by atoms with Crippen LogP contribution < -0.4 is 10.5 Å². The van der Waals surface area contributed by atoms with Gasteiger partial charge in [-0.25, -0.2) is 13.1 Å². The molecular formula is C12H22N2O3S2. The van der Waals surface area contributed by atoms with Gasteiger partial charge >= 0.3 is 0 Å². The van der Waals surface area contributed by atoms with Crippen LogP contribution >= 0.6 is 11.3 Å². The summed E-state index contributed by atoms with van der Waals surface area (Å²) in [7, 11) is -3.54. The van der Waals surface area contributed by atoms with Crippen molar-refractivity contribution in [2.75, 3.05) is 13.2 Å². The first-order chi connectivity index (χ1) is 8.73. The Kier molecular flexibility index (Phi) is 5.52. The predicted octanol–water partition coefficient (Wildman–Crippen LogP) is 1.61. The van der Waals surface area contributed by atoms with Crippen LogP contribution in [0.3, 0.4) is 0 Å². The van der Waals surface area contributed by atoms with Crippen molar-refractivity contribution in [1.82, 2.24) is 4.72 Å². The zero-order valence-electron chi connectivity index (χ0n) is 11.8. The van der Waals surface area contributed by atoms with Gasteiger partial charge in [0.05, 0.1) is 5.60 Å². The monoisotopic (exact) mass is 306 g/mol. The summed E-state index contributed by atoms with van der Waals surface area (Å²) in [5, 5.41) is 1.81. The average molecular weight is 306 g/mol. The number of aryl methyl sites for hydroxylation is 1. The maximum atomic E-state index is 12.3. The van der Waals surface area contributed by atoms with Crippen LogP contribution in [0, 0.1) is 6.92 Å². The number of nitrogens with one attached hydrogen (secondary N) is 1. The highest BCUT2D eigenvalue weighted by Gasteiger charge is 2.26. The van der Waals surface area contributed by atoms with Gasteiger partial charge in [0.2, 0.25) is 10.0 Å². The Morgan fingerprint density at radius 3 is 2.63 bits per heavy atom. The molecule has 3 N–H and O–H groups in total. The highest BCUT2D eigenvalue weighted by Crippen LogP contribution is 2.26. The molecule has 0 unspecified atom stereocenters. The van der Waals surface area contributed by atoms with Gasteiger partial charge in [0.1, 0.15) is 4.90 Å². The molecule has 19 heavy (non-hydrogen) atoms. The quantitative estimate of drug-likeness (QED) is 0.802. The van der Waals surface area contributed by atoms with Crippen LogP contribution in [0.15, 0.2) is 10.3 Å². The Balaban J connectivity index is 2.90. The third-order valence-electron chi connectivity index (χ3n) is 2.67. The first-order valence-corrected chi connectivity index (χ1v) is 8.50. The van der Waals surface area contributed by atoms with Crippen molar-refractivity contribution in [3.8, 4) is 0 Å². The topological polar surface area (TPSA) is 81.4 Å². The van der Waals surface area contributed by atoms with E-state index in [0.717, 1.165) is 5.56 Å². The van der Waals surface area contributed by atoms with E-state index in [1.165, 1.54) is 11.3 Å². The molecule has 0 aliphatic heterocycles. The Labute approximate surface area is 119 Å². The Bertz CT molecular complexity index is 521. The second-order valence-electron chi connectivity index (χ2n) is 4.89. The summed E-state index contributed by atoms with van der Waals surface area (Å²) in [6.07, 6.45) is 0. The highest BCUT2D eigenvalue weighted by molar-refractivity contribution is 7.89. The molecule has 0 saturated heterocycles. The molecule has 0 bridgehead atoms. The van der Waals surface area contributed by atoms with Gasteiger partial charge < -0.3 is 10.5 Å². The smallest absolute Gasteiger partial charge is 0.242 e. The van der Waals surface area contributed by atoms with Gasteiger partial charge in [-0.2, -0.15) is 0 Å². The van der Waals surface area contributed by atoms with Crippen LogP contribution in [0.25, 0.3) is 0 Å². The SMILES string of the molecule is CCOC(C)(C)CNS(=O)(=O)c1c(C)csc1CN. The second-order valence-corrected chi connectivity index (χ2v) is 7.56. The van der Waals surface area contributed by atoms with E-state index in [0.29, 0.717) is 16.4 Å². The molecule has 110 valence electrons. The number of ether oxygens (including phenoxy) is 1. The summed E-state index contributed by atoms with van der Waals surface area (Å²) in [4.78, 5) is 0.992. The van der Waals surface area contributed by atoms with Gasteiger partial charge in [-0.15, -0.1) is 11.3 Å². The minimum Gasteiger partial charge on any atom is -0.375 e. The van der Waals surface area contributed by atoms with Crippen molar-refractivity contribution < 1.29 is 13.2 Å². The normalized spacial score (nSPS) is 12.9.